The number of hydrogen-bond donors (Lipinski definition) is 1. The summed E-state index contributed by atoms with van der Waals surface area (Å²) >= 11 is 2.20. The number of aromatic nitrogens is 3. The number of ether oxygens (including phenoxy) is 1. The lowest BCUT2D eigenvalue weighted by molar-refractivity contribution is 0.318. The number of anilines is 1. The number of nitrogens with zero attached hydrogens (tertiary/aromatic N) is 3. The molecule has 3 heterocycles. The molecule has 24 heavy (non-hydrogen) atoms. The molecule has 120 valence electrons. The van der Waals surface area contributed by atoms with Gasteiger partial charge in [0, 0.05) is 36.0 Å². The minimum atomic E-state index is -0.205. The predicted octanol–water partition coefficient (Wildman–Crippen LogP) is 3.63. The summed E-state index contributed by atoms with van der Waals surface area (Å²) in [5, 5.41) is 4.08. The van der Waals surface area contributed by atoms with Gasteiger partial charge in [-0.05, 0) is 41.1 Å². The van der Waals surface area contributed by atoms with Gasteiger partial charge in [0.1, 0.15) is 29.8 Å². The van der Waals surface area contributed by atoms with E-state index in [4.69, 9.17) is 4.74 Å². The Kier molecular flexibility index (Phi) is 3.12. The van der Waals surface area contributed by atoms with Crippen molar-refractivity contribution in [3.8, 4) is 5.75 Å². The molecule has 0 spiro atoms. The zero-order chi connectivity index (χ0) is 16.3. The van der Waals surface area contributed by atoms with Gasteiger partial charge in [-0.2, -0.15) is 0 Å². The van der Waals surface area contributed by atoms with E-state index < -0.39 is 0 Å². The molecule has 0 amide bonds. The third-order valence-electron chi connectivity index (χ3n) is 4.57. The third kappa shape index (κ3) is 2.14. The van der Waals surface area contributed by atoms with E-state index in [2.05, 4.69) is 42.9 Å². The summed E-state index contributed by atoms with van der Waals surface area (Å²) in [4.78, 5) is 12.8. The first-order chi connectivity index (χ1) is 11.7. The van der Waals surface area contributed by atoms with Gasteiger partial charge in [-0.1, -0.05) is 0 Å². The maximum atomic E-state index is 14.4. The van der Waals surface area contributed by atoms with E-state index >= 15 is 0 Å². The molecule has 0 radical (unpaired) electrons. The van der Waals surface area contributed by atoms with E-state index in [0.29, 0.717) is 23.8 Å². The Morgan fingerprint density at radius 1 is 1.29 bits per heavy atom. The minimum Gasteiger partial charge on any atom is -0.489 e. The molecule has 0 bridgehead atoms. The number of nitrogens with one attached hydrogen (secondary N) is 1. The van der Waals surface area contributed by atoms with E-state index in [-0.39, 0.29) is 11.9 Å². The number of fused-ring (bicyclic) bond motifs is 4. The Labute approximate surface area is 150 Å². The topological polar surface area (TPSA) is 59.9 Å². The Morgan fingerprint density at radius 2 is 2.21 bits per heavy atom. The Morgan fingerprint density at radius 3 is 3.12 bits per heavy atom. The molecule has 1 saturated carbocycles. The van der Waals surface area contributed by atoms with Crippen molar-refractivity contribution in [1.29, 1.82) is 0 Å². The molecule has 5 rings (SSSR count). The largest absolute Gasteiger partial charge is 0.489 e. The first kappa shape index (κ1) is 14.3. The molecule has 2 aromatic heterocycles. The van der Waals surface area contributed by atoms with Crippen LogP contribution in [0.4, 0.5) is 10.2 Å². The van der Waals surface area contributed by atoms with Crippen molar-refractivity contribution in [3.05, 3.63) is 51.4 Å². The molecule has 1 N–H and O–H groups in total. The molecule has 1 aliphatic carbocycles. The van der Waals surface area contributed by atoms with Crippen LogP contribution in [-0.2, 0) is 6.54 Å². The summed E-state index contributed by atoms with van der Waals surface area (Å²) in [6.45, 7) is 0.360. The average Bonchev–Trinajstić information content (AvgIpc) is 3.27. The van der Waals surface area contributed by atoms with Crippen LogP contribution in [0.1, 0.15) is 23.5 Å². The van der Waals surface area contributed by atoms with Crippen LogP contribution in [-0.4, -0.2) is 21.1 Å². The molecule has 0 saturated heterocycles. The van der Waals surface area contributed by atoms with Gasteiger partial charge in [0.05, 0.1) is 14.5 Å². The van der Waals surface area contributed by atoms with E-state index in [1.807, 2.05) is 0 Å². The van der Waals surface area contributed by atoms with Crippen molar-refractivity contribution in [2.45, 2.75) is 25.0 Å². The number of benzene rings is 1. The summed E-state index contributed by atoms with van der Waals surface area (Å²) in [7, 11) is 0. The quantitative estimate of drug-likeness (QED) is 0.639. The zero-order valence-electron chi connectivity index (χ0n) is 12.5. The molecule has 3 aromatic rings. The molecule has 0 unspecified atom stereocenters. The van der Waals surface area contributed by atoms with Crippen molar-refractivity contribution < 1.29 is 9.13 Å². The number of rotatable bonds is 3. The first-order valence-corrected chi connectivity index (χ1v) is 8.76. The van der Waals surface area contributed by atoms with Crippen LogP contribution in [0.5, 0.6) is 5.75 Å². The fourth-order valence-corrected chi connectivity index (χ4v) is 3.90. The van der Waals surface area contributed by atoms with Crippen LogP contribution < -0.4 is 10.1 Å². The maximum Gasteiger partial charge on any atom is 0.137 e. The van der Waals surface area contributed by atoms with Gasteiger partial charge in [-0.25, -0.2) is 19.3 Å². The lowest BCUT2D eigenvalue weighted by Gasteiger charge is -2.13. The van der Waals surface area contributed by atoms with Crippen molar-refractivity contribution in [2.24, 2.45) is 0 Å². The lowest BCUT2D eigenvalue weighted by atomic mass is 10.0. The summed E-state index contributed by atoms with van der Waals surface area (Å²) in [6, 6.07) is 3.20. The van der Waals surface area contributed by atoms with Gasteiger partial charge in [-0.15, -0.1) is 0 Å². The fourth-order valence-electron chi connectivity index (χ4n) is 3.33. The van der Waals surface area contributed by atoms with Crippen LogP contribution in [0.25, 0.3) is 10.9 Å². The molecular weight excluding hydrogens is 422 g/mol. The lowest BCUT2D eigenvalue weighted by Crippen LogP contribution is -2.07. The highest BCUT2D eigenvalue weighted by Crippen LogP contribution is 2.55. The minimum absolute atomic E-state index is 0.205. The molecule has 1 aromatic carbocycles. The van der Waals surface area contributed by atoms with Crippen LogP contribution in [0.2, 0.25) is 0 Å². The molecule has 2 aliphatic rings. The average molecular weight is 434 g/mol. The van der Waals surface area contributed by atoms with Gasteiger partial charge >= 0.3 is 0 Å². The highest BCUT2D eigenvalue weighted by atomic mass is 127. The standard InChI is InChI=1S/C17H12FIN4O/c18-11-1-2-13-15(8-3-14(8)24-13)9(11)5-21-17-10-4-20-7-23-16(10)12(19)6-22-17/h1-2,4,6-8,14H,3,5H2,(H,21,22)/t8-,14+/m1/s1. The van der Waals surface area contributed by atoms with Crippen molar-refractivity contribution >= 4 is 39.3 Å². The highest BCUT2D eigenvalue weighted by molar-refractivity contribution is 14.1. The second-order valence-electron chi connectivity index (χ2n) is 6.03. The Balaban J connectivity index is 1.51. The monoisotopic (exact) mass is 434 g/mol. The van der Waals surface area contributed by atoms with Crippen LogP contribution in [0, 0.1) is 9.39 Å². The summed E-state index contributed by atoms with van der Waals surface area (Å²) in [5.74, 6) is 1.62. The predicted molar refractivity (Wildman–Crippen MR) is 95.6 cm³/mol. The van der Waals surface area contributed by atoms with E-state index in [1.54, 1.807) is 18.5 Å². The number of halogens is 2. The SMILES string of the molecule is Fc1ccc2c(c1CNc1ncc(I)c3ncncc13)[C@@H]1C[C@@H]1O2. The summed E-state index contributed by atoms with van der Waals surface area (Å²) in [6.07, 6.45) is 6.23. The van der Waals surface area contributed by atoms with Crippen molar-refractivity contribution in [3.63, 3.8) is 0 Å². The maximum absolute atomic E-state index is 14.4. The molecule has 2 atom stereocenters. The third-order valence-corrected chi connectivity index (χ3v) is 5.36. The molecular formula is C17H12FIN4O. The van der Waals surface area contributed by atoms with E-state index in [0.717, 1.165) is 32.2 Å². The van der Waals surface area contributed by atoms with Gasteiger partial charge < -0.3 is 10.1 Å². The smallest absolute Gasteiger partial charge is 0.137 e. The Hall–Kier alpha value is -2.03. The normalized spacial score (nSPS) is 20.4. The van der Waals surface area contributed by atoms with Gasteiger partial charge in [0.15, 0.2) is 0 Å². The van der Waals surface area contributed by atoms with Crippen molar-refractivity contribution in [2.75, 3.05) is 5.32 Å². The number of pyridine rings is 1. The summed E-state index contributed by atoms with van der Waals surface area (Å²) in [5.41, 5.74) is 2.52. The Bertz CT molecular complexity index is 980. The summed E-state index contributed by atoms with van der Waals surface area (Å²) < 4.78 is 21.1. The zero-order valence-corrected chi connectivity index (χ0v) is 14.6. The fraction of sp³-hybridized carbons (Fsp3) is 0.235. The van der Waals surface area contributed by atoms with Gasteiger partial charge in [-0.3, -0.25) is 0 Å². The first-order valence-electron chi connectivity index (χ1n) is 7.68. The van der Waals surface area contributed by atoms with Crippen LogP contribution >= 0.6 is 22.6 Å². The number of hydrogen-bond acceptors (Lipinski definition) is 5. The highest BCUT2D eigenvalue weighted by Gasteiger charge is 2.49. The van der Waals surface area contributed by atoms with Gasteiger partial charge in [0.25, 0.3) is 0 Å². The second kappa shape index (κ2) is 5.23. The molecule has 1 aliphatic heterocycles. The molecule has 5 nitrogen and oxygen atoms in total. The molecule has 1 fully saturated rings. The second-order valence-corrected chi connectivity index (χ2v) is 7.19. The van der Waals surface area contributed by atoms with Crippen LogP contribution in [0.3, 0.4) is 0 Å². The van der Waals surface area contributed by atoms with E-state index in [1.165, 1.54) is 12.4 Å². The van der Waals surface area contributed by atoms with Crippen LogP contribution in [0.15, 0.2) is 30.9 Å². The van der Waals surface area contributed by atoms with Crippen molar-refractivity contribution in [1.82, 2.24) is 15.0 Å². The van der Waals surface area contributed by atoms with Gasteiger partial charge in [0.2, 0.25) is 0 Å². The van der Waals surface area contributed by atoms with E-state index in [9.17, 15) is 4.39 Å². The molecule has 7 heteroatoms.